The van der Waals surface area contributed by atoms with Gasteiger partial charge in [-0.15, -0.1) is 0 Å². The largest absolute Gasteiger partial charge is 0.423 e. The Bertz CT molecular complexity index is 450. The Morgan fingerprint density at radius 1 is 0.833 bits per heavy atom. The van der Waals surface area contributed by atoms with Crippen molar-refractivity contribution in [1.82, 2.24) is 0 Å². The van der Waals surface area contributed by atoms with E-state index in [1.165, 1.54) is 64.2 Å². The minimum atomic E-state index is -0.298. The van der Waals surface area contributed by atoms with Gasteiger partial charge >= 0.3 is 5.97 Å². The van der Waals surface area contributed by atoms with E-state index in [0.29, 0.717) is 11.3 Å². The molecule has 0 unspecified atom stereocenters. The SMILES string of the molecule is C=C(CCCCCCCCCCCCC)C(=O)Oc1ccccc1. The molecule has 0 bridgehead atoms. The maximum absolute atomic E-state index is 11.9. The fourth-order valence-electron chi connectivity index (χ4n) is 2.77. The summed E-state index contributed by atoms with van der Waals surface area (Å²) in [6.07, 6.45) is 15.1. The number of para-hydroxylation sites is 1. The van der Waals surface area contributed by atoms with Gasteiger partial charge in [-0.2, -0.15) is 0 Å². The normalized spacial score (nSPS) is 10.5. The lowest BCUT2D eigenvalue weighted by atomic mass is 10.0. The summed E-state index contributed by atoms with van der Waals surface area (Å²) in [6.45, 7) is 6.12. The van der Waals surface area contributed by atoms with Crippen LogP contribution >= 0.6 is 0 Å². The second-order valence-electron chi connectivity index (χ2n) is 6.59. The van der Waals surface area contributed by atoms with Crippen LogP contribution in [0, 0.1) is 0 Å². The predicted octanol–water partition coefficient (Wildman–Crippen LogP) is 6.85. The Balaban J connectivity index is 1.95. The lowest BCUT2D eigenvalue weighted by Crippen LogP contribution is -2.10. The zero-order valence-electron chi connectivity index (χ0n) is 15.4. The van der Waals surface area contributed by atoms with Gasteiger partial charge in [0.05, 0.1) is 0 Å². The molecule has 0 aliphatic heterocycles. The van der Waals surface area contributed by atoms with Crippen molar-refractivity contribution >= 4 is 5.97 Å². The molecule has 1 aromatic rings. The number of carbonyl (C=O) groups excluding carboxylic acids is 1. The van der Waals surface area contributed by atoms with E-state index in [1.54, 1.807) is 12.1 Å². The fraction of sp³-hybridized carbons (Fsp3) is 0.591. The molecule has 0 aliphatic carbocycles. The molecule has 0 radical (unpaired) electrons. The van der Waals surface area contributed by atoms with Crippen molar-refractivity contribution in [2.24, 2.45) is 0 Å². The molecule has 0 amide bonds. The van der Waals surface area contributed by atoms with E-state index in [4.69, 9.17) is 4.74 Å². The number of hydrogen-bond donors (Lipinski definition) is 0. The zero-order chi connectivity index (χ0) is 17.5. The molecule has 1 rings (SSSR count). The summed E-state index contributed by atoms with van der Waals surface area (Å²) in [5.41, 5.74) is 0.578. The maximum Gasteiger partial charge on any atom is 0.338 e. The van der Waals surface area contributed by atoms with E-state index in [2.05, 4.69) is 13.5 Å². The first-order valence-electron chi connectivity index (χ1n) is 9.69. The van der Waals surface area contributed by atoms with Gasteiger partial charge in [-0.05, 0) is 25.0 Å². The molecule has 2 nitrogen and oxygen atoms in total. The number of rotatable bonds is 14. The third-order valence-corrected chi connectivity index (χ3v) is 4.32. The number of esters is 1. The molecule has 0 aromatic heterocycles. The van der Waals surface area contributed by atoms with Crippen molar-refractivity contribution in [3.63, 3.8) is 0 Å². The predicted molar refractivity (Wildman–Crippen MR) is 102 cm³/mol. The van der Waals surface area contributed by atoms with Crippen molar-refractivity contribution in [2.75, 3.05) is 0 Å². The summed E-state index contributed by atoms with van der Waals surface area (Å²) in [5.74, 6) is 0.288. The zero-order valence-corrected chi connectivity index (χ0v) is 15.4. The quantitative estimate of drug-likeness (QED) is 0.161. The van der Waals surface area contributed by atoms with Gasteiger partial charge in [-0.1, -0.05) is 95.9 Å². The molecule has 24 heavy (non-hydrogen) atoms. The molecule has 134 valence electrons. The Hall–Kier alpha value is -1.57. The Morgan fingerprint density at radius 2 is 1.33 bits per heavy atom. The Morgan fingerprint density at radius 3 is 1.88 bits per heavy atom. The summed E-state index contributed by atoms with van der Waals surface area (Å²) < 4.78 is 5.29. The first kappa shape index (κ1) is 20.5. The van der Waals surface area contributed by atoms with Gasteiger partial charge < -0.3 is 4.74 Å². The van der Waals surface area contributed by atoms with E-state index in [9.17, 15) is 4.79 Å². The molecule has 0 atom stereocenters. The van der Waals surface area contributed by atoms with Crippen LogP contribution < -0.4 is 4.74 Å². The van der Waals surface area contributed by atoms with Gasteiger partial charge in [0, 0.05) is 5.57 Å². The topological polar surface area (TPSA) is 26.3 Å². The average molecular weight is 331 g/mol. The van der Waals surface area contributed by atoms with Crippen LogP contribution in [0.5, 0.6) is 5.75 Å². The lowest BCUT2D eigenvalue weighted by molar-refractivity contribution is -0.130. The van der Waals surface area contributed by atoms with Crippen LogP contribution in [0.15, 0.2) is 42.5 Å². The molecule has 0 saturated heterocycles. The summed E-state index contributed by atoms with van der Waals surface area (Å²) >= 11 is 0. The molecule has 0 heterocycles. The Labute approximate surface area is 148 Å². The second kappa shape index (κ2) is 13.8. The van der Waals surface area contributed by atoms with Crippen LogP contribution in [0.2, 0.25) is 0 Å². The molecule has 2 heteroatoms. The van der Waals surface area contributed by atoms with Gasteiger partial charge in [0.15, 0.2) is 0 Å². The first-order valence-corrected chi connectivity index (χ1v) is 9.69. The highest BCUT2D eigenvalue weighted by atomic mass is 16.5. The van der Waals surface area contributed by atoms with Crippen LogP contribution in [0.1, 0.15) is 84.0 Å². The number of benzene rings is 1. The third-order valence-electron chi connectivity index (χ3n) is 4.32. The standard InChI is InChI=1S/C22H34O2/c1-3-4-5-6-7-8-9-10-11-12-14-17-20(2)22(23)24-21-18-15-13-16-19-21/h13,15-16,18-19H,2-12,14,17H2,1H3. The lowest BCUT2D eigenvalue weighted by Gasteiger charge is -2.07. The fourth-order valence-corrected chi connectivity index (χ4v) is 2.77. The van der Waals surface area contributed by atoms with Crippen LogP contribution in [0.3, 0.4) is 0 Å². The van der Waals surface area contributed by atoms with Gasteiger partial charge in [-0.25, -0.2) is 4.79 Å². The molecule has 0 saturated carbocycles. The molecular weight excluding hydrogens is 296 g/mol. The van der Waals surface area contributed by atoms with Crippen LogP contribution in [0.4, 0.5) is 0 Å². The highest BCUT2D eigenvalue weighted by Crippen LogP contribution is 2.15. The second-order valence-corrected chi connectivity index (χ2v) is 6.59. The van der Waals surface area contributed by atoms with E-state index < -0.39 is 0 Å². The molecule has 0 aliphatic rings. The Kier molecular flexibility index (Phi) is 11.8. The summed E-state index contributed by atoms with van der Waals surface area (Å²) in [6, 6.07) is 9.18. The van der Waals surface area contributed by atoms with Crippen molar-refractivity contribution in [3.05, 3.63) is 42.5 Å². The minimum Gasteiger partial charge on any atom is -0.423 e. The summed E-state index contributed by atoms with van der Waals surface area (Å²) in [4.78, 5) is 11.9. The summed E-state index contributed by atoms with van der Waals surface area (Å²) in [7, 11) is 0. The maximum atomic E-state index is 11.9. The smallest absolute Gasteiger partial charge is 0.338 e. The third kappa shape index (κ3) is 10.3. The van der Waals surface area contributed by atoms with E-state index >= 15 is 0 Å². The van der Waals surface area contributed by atoms with E-state index in [-0.39, 0.29) is 5.97 Å². The molecule has 0 fully saturated rings. The van der Waals surface area contributed by atoms with Gasteiger partial charge in [0.1, 0.15) is 5.75 Å². The van der Waals surface area contributed by atoms with Crippen molar-refractivity contribution in [3.8, 4) is 5.75 Å². The first-order chi connectivity index (χ1) is 11.7. The molecular formula is C22H34O2. The van der Waals surface area contributed by atoms with Crippen LogP contribution in [-0.2, 0) is 4.79 Å². The minimum absolute atomic E-state index is 0.298. The summed E-state index contributed by atoms with van der Waals surface area (Å²) in [5, 5.41) is 0. The van der Waals surface area contributed by atoms with Gasteiger partial charge in [0.2, 0.25) is 0 Å². The van der Waals surface area contributed by atoms with Crippen molar-refractivity contribution in [2.45, 2.75) is 84.0 Å². The van der Waals surface area contributed by atoms with Crippen LogP contribution in [-0.4, -0.2) is 5.97 Å². The number of hydrogen-bond acceptors (Lipinski definition) is 2. The number of unbranched alkanes of at least 4 members (excludes halogenated alkanes) is 10. The van der Waals surface area contributed by atoms with Gasteiger partial charge in [-0.3, -0.25) is 0 Å². The van der Waals surface area contributed by atoms with Crippen LogP contribution in [0.25, 0.3) is 0 Å². The highest BCUT2D eigenvalue weighted by Gasteiger charge is 2.09. The average Bonchev–Trinajstić information content (AvgIpc) is 2.60. The molecule has 1 aromatic carbocycles. The number of carbonyl (C=O) groups is 1. The molecule has 0 spiro atoms. The monoisotopic (exact) mass is 330 g/mol. The van der Waals surface area contributed by atoms with Gasteiger partial charge in [0.25, 0.3) is 0 Å². The molecule has 0 N–H and O–H groups in total. The van der Waals surface area contributed by atoms with E-state index in [1.807, 2.05) is 18.2 Å². The highest BCUT2D eigenvalue weighted by molar-refractivity contribution is 5.89. The van der Waals surface area contributed by atoms with E-state index in [0.717, 1.165) is 12.8 Å². The van der Waals surface area contributed by atoms with Crippen molar-refractivity contribution in [1.29, 1.82) is 0 Å². The number of ether oxygens (including phenoxy) is 1. The van der Waals surface area contributed by atoms with Crippen molar-refractivity contribution < 1.29 is 9.53 Å².